The second-order valence-corrected chi connectivity index (χ2v) is 8.78. The molecular formula is C17H15N3O4S2. The summed E-state index contributed by atoms with van der Waals surface area (Å²) in [6.07, 6.45) is 0.768. The van der Waals surface area contributed by atoms with Crippen molar-refractivity contribution in [3.63, 3.8) is 0 Å². The van der Waals surface area contributed by atoms with Crippen LogP contribution in [0.5, 0.6) is 11.5 Å². The summed E-state index contributed by atoms with van der Waals surface area (Å²) in [5, 5.41) is 0. The minimum Gasteiger partial charge on any atom is -0.454 e. The fourth-order valence-electron chi connectivity index (χ4n) is 3.51. The van der Waals surface area contributed by atoms with E-state index in [0.717, 1.165) is 35.2 Å². The Kier molecular flexibility index (Phi) is 3.63. The molecule has 3 heterocycles. The Morgan fingerprint density at radius 1 is 1.12 bits per heavy atom. The van der Waals surface area contributed by atoms with Crippen LogP contribution in [0.1, 0.15) is 17.9 Å². The second kappa shape index (κ2) is 5.90. The number of ether oxygens (including phenoxy) is 2. The predicted octanol–water partition coefficient (Wildman–Crippen LogP) is 2.60. The normalized spacial score (nSPS) is 20.1. The molecule has 0 aliphatic carbocycles. The Balaban J connectivity index is 1.44. The first-order valence-corrected chi connectivity index (χ1v) is 10.4. The second-order valence-electron chi connectivity index (χ2n) is 6.35. The first kappa shape index (κ1) is 16.0. The molecule has 134 valence electrons. The van der Waals surface area contributed by atoms with Crippen molar-refractivity contribution in [2.75, 3.05) is 19.9 Å². The van der Waals surface area contributed by atoms with Gasteiger partial charge in [-0.2, -0.15) is 13.1 Å². The molecule has 2 aliphatic rings. The standard InChI is InChI=1S/C17H15N3O4S2/c21-26(22,16-3-1-2-13-17(16)19-25-18-13)20-7-6-12(9-20)11-4-5-14-15(8-11)24-10-23-14/h1-5,8,12H,6-7,9-10H2. The summed E-state index contributed by atoms with van der Waals surface area (Å²) in [7, 11) is -3.61. The van der Waals surface area contributed by atoms with E-state index in [4.69, 9.17) is 9.47 Å². The number of rotatable bonds is 3. The zero-order valence-corrected chi connectivity index (χ0v) is 15.3. The van der Waals surface area contributed by atoms with Crippen molar-refractivity contribution >= 4 is 32.8 Å². The summed E-state index contributed by atoms with van der Waals surface area (Å²) in [6.45, 7) is 1.15. The Bertz CT molecular complexity index is 1100. The highest BCUT2D eigenvalue weighted by Gasteiger charge is 2.35. The largest absolute Gasteiger partial charge is 0.454 e. The van der Waals surface area contributed by atoms with Crippen LogP contribution in [0.4, 0.5) is 0 Å². The van der Waals surface area contributed by atoms with Crippen LogP contribution in [0, 0.1) is 0 Å². The molecular weight excluding hydrogens is 374 g/mol. The van der Waals surface area contributed by atoms with Gasteiger partial charge in [0.25, 0.3) is 0 Å². The number of nitrogens with zero attached hydrogens (tertiary/aromatic N) is 3. The summed E-state index contributed by atoms with van der Waals surface area (Å²) < 4.78 is 46.9. The van der Waals surface area contributed by atoms with Gasteiger partial charge in [0.2, 0.25) is 16.8 Å². The van der Waals surface area contributed by atoms with Gasteiger partial charge < -0.3 is 9.47 Å². The smallest absolute Gasteiger partial charge is 0.245 e. The molecule has 5 rings (SSSR count). The minimum absolute atomic E-state index is 0.132. The van der Waals surface area contributed by atoms with Gasteiger partial charge in [0.05, 0.1) is 11.7 Å². The fourth-order valence-corrected chi connectivity index (χ4v) is 5.77. The molecule has 7 nitrogen and oxygen atoms in total. The molecule has 9 heteroatoms. The summed E-state index contributed by atoms with van der Waals surface area (Å²) in [5.41, 5.74) is 2.13. The van der Waals surface area contributed by atoms with E-state index in [1.54, 1.807) is 18.2 Å². The average Bonchev–Trinajstić information content (AvgIpc) is 3.39. The van der Waals surface area contributed by atoms with E-state index in [2.05, 4.69) is 8.75 Å². The lowest BCUT2D eigenvalue weighted by Crippen LogP contribution is -2.28. The maximum atomic E-state index is 13.1. The monoisotopic (exact) mass is 389 g/mol. The zero-order valence-electron chi connectivity index (χ0n) is 13.7. The van der Waals surface area contributed by atoms with E-state index in [1.165, 1.54) is 4.31 Å². The molecule has 0 bridgehead atoms. The first-order chi connectivity index (χ1) is 12.6. The summed E-state index contributed by atoms with van der Waals surface area (Å²) in [5.74, 6) is 1.59. The molecule has 1 atom stereocenters. The molecule has 0 radical (unpaired) electrons. The van der Waals surface area contributed by atoms with Crippen LogP contribution in [-0.2, 0) is 10.0 Å². The van der Waals surface area contributed by atoms with Crippen molar-refractivity contribution in [3.05, 3.63) is 42.0 Å². The molecule has 1 saturated heterocycles. The Morgan fingerprint density at radius 2 is 2.00 bits per heavy atom. The highest BCUT2D eigenvalue weighted by atomic mass is 32.2. The molecule has 0 N–H and O–H groups in total. The Hall–Kier alpha value is -2.23. The number of fused-ring (bicyclic) bond motifs is 2. The lowest BCUT2D eigenvalue weighted by atomic mass is 9.98. The number of aromatic nitrogens is 2. The van der Waals surface area contributed by atoms with Crippen molar-refractivity contribution in [2.45, 2.75) is 17.2 Å². The number of hydrogen-bond donors (Lipinski definition) is 0. The third kappa shape index (κ3) is 2.46. The van der Waals surface area contributed by atoms with Crippen molar-refractivity contribution in [3.8, 4) is 11.5 Å². The predicted molar refractivity (Wildman–Crippen MR) is 96.1 cm³/mol. The Morgan fingerprint density at radius 3 is 2.92 bits per heavy atom. The van der Waals surface area contributed by atoms with Crippen molar-refractivity contribution < 1.29 is 17.9 Å². The molecule has 0 amide bonds. The minimum atomic E-state index is -3.61. The number of benzene rings is 2. The van der Waals surface area contributed by atoms with E-state index in [9.17, 15) is 8.42 Å². The lowest BCUT2D eigenvalue weighted by molar-refractivity contribution is 0.174. The number of sulfonamides is 1. The van der Waals surface area contributed by atoms with E-state index in [0.29, 0.717) is 24.1 Å². The van der Waals surface area contributed by atoms with E-state index in [1.807, 2.05) is 18.2 Å². The van der Waals surface area contributed by atoms with Gasteiger partial charge in [-0.15, -0.1) is 0 Å². The number of hydrogen-bond acceptors (Lipinski definition) is 7. The summed E-state index contributed by atoms with van der Waals surface area (Å²) in [4.78, 5) is 0.232. The van der Waals surface area contributed by atoms with Gasteiger partial charge in [-0.3, -0.25) is 0 Å². The van der Waals surface area contributed by atoms with Crippen LogP contribution < -0.4 is 9.47 Å². The van der Waals surface area contributed by atoms with Crippen LogP contribution in [0.2, 0.25) is 0 Å². The van der Waals surface area contributed by atoms with Crippen LogP contribution in [0.15, 0.2) is 41.3 Å². The molecule has 1 aromatic heterocycles. The molecule has 1 fully saturated rings. The average molecular weight is 389 g/mol. The third-order valence-corrected chi connectivity index (χ3v) is 7.33. The maximum absolute atomic E-state index is 13.1. The van der Waals surface area contributed by atoms with E-state index >= 15 is 0 Å². The molecule has 0 saturated carbocycles. The highest BCUT2D eigenvalue weighted by molar-refractivity contribution is 7.89. The van der Waals surface area contributed by atoms with Gasteiger partial charge in [-0.25, -0.2) is 8.42 Å². The van der Waals surface area contributed by atoms with Crippen LogP contribution >= 0.6 is 11.7 Å². The van der Waals surface area contributed by atoms with Gasteiger partial charge in [-0.05, 0) is 42.2 Å². The SMILES string of the molecule is O=S(=O)(c1cccc2nsnc12)N1CCC(c2ccc3c(c2)OCO3)C1. The molecule has 1 unspecified atom stereocenters. The highest BCUT2D eigenvalue weighted by Crippen LogP contribution is 2.38. The van der Waals surface area contributed by atoms with Crippen molar-refractivity contribution in [1.29, 1.82) is 0 Å². The third-order valence-electron chi connectivity index (χ3n) is 4.89. The molecule has 2 aliphatic heterocycles. The molecule has 3 aromatic rings. The van der Waals surface area contributed by atoms with Crippen molar-refractivity contribution in [2.24, 2.45) is 0 Å². The van der Waals surface area contributed by atoms with Gasteiger partial charge in [0.1, 0.15) is 15.9 Å². The van der Waals surface area contributed by atoms with Crippen molar-refractivity contribution in [1.82, 2.24) is 13.1 Å². The topological polar surface area (TPSA) is 81.6 Å². The first-order valence-electron chi connectivity index (χ1n) is 8.24. The molecule has 2 aromatic carbocycles. The quantitative estimate of drug-likeness (QED) is 0.685. The molecule has 26 heavy (non-hydrogen) atoms. The zero-order chi connectivity index (χ0) is 17.7. The van der Waals surface area contributed by atoms with Gasteiger partial charge >= 0.3 is 0 Å². The van der Waals surface area contributed by atoms with Crippen LogP contribution in [0.3, 0.4) is 0 Å². The van der Waals surface area contributed by atoms with E-state index < -0.39 is 10.0 Å². The molecule has 0 spiro atoms. The maximum Gasteiger partial charge on any atom is 0.245 e. The van der Waals surface area contributed by atoms with Gasteiger partial charge in [0.15, 0.2) is 11.5 Å². The van der Waals surface area contributed by atoms with Crippen LogP contribution in [0.25, 0.3) is 11.0 Å². The van der Waals surface area contributed by atoms with Crippen LogP contribution in [-0.4, -0.2) is 41.4 Å². The Labute approximate surface area is 154 Å². The van der Waals surface area contributed by atoms with Gasteiger partial charge in [-0.1, -0.05) is 12.1 Å². The summed E-state index contributed by atoms with van der Waals surface area (Å²) >= 11 is 1.03. The lowest BCUT2D eigenvalue weighted by Gasteiger charge is -2.17. The van der Waals surface area contributed by atoms with E-state index in [-0.39, 0.29) is 17.6 Å². The summed E-state index contributed by atoms with van der Waals surface area (Å²) in [6, 6.07) is 10.9. The van der Waals surface area contributed by atoms with Gasteiger partial charge in [0, 0.05) is 13.1 Å². The fraction of sp³-hybridized carbons (Fsp3) is 0.294.